The Balaban J connectivity index is 2.49. The molecule has 0 spiro atoms. The van der Waals surface area contributed by atoms with Crippen LogP contribution in [0.25, 0.3) is 0 Å². The zero-order chi connectivity index (χ0) is 11.3. The lowest BCUT2D eigenvalue weighted by molar-refractivity contribution is -0.141. The fraction of sp³-hybridized carbons (Fsp3) is 0.444. The summed E-state index contributed by atoms with van der Waals surface area (Å²) in [5, 5.41) is 19.4. The zero-order valence-electron chi connectivity index (χ0n) is 8.27. The van der Waals surface area contributed by atoms with E-state index in [4.69, 9.17) is 16.7 Å². The average molecular weight is 230 g/mol. The monoisotopic (exact) mass is 229 g/mol. The summed E-state index contributed by atoms with van der Waals surface area (Å²) in [6, 6.07) is 3.25. The number of carboxylic acids is 1. The summed E-state index contributed by atoms with van der Waals surface area (Å²) in [6.45, 7) is 2.16. The highest BCUT2D eigenvalue weighted by Gasteiger charge is 2.14. The summed E-state index contributed by atoms with van der Waals surface area (Å²) in [5.74, 6) is -0.700. The fourth-order valence-electron chi connectivity index (χ4n) is 1.04. The van der Waals surface area contributed by atoms with Gasteiger partial charge in [-0.05, 0) is 18.6 Å². The Hall–Kier alpha value is -1.36. The molecule has 2 N–H and O–H groups in total. The fourth-order valence-corrected chi connectivity index (χ4v) is 1.15. The topological polar surface area (TPSA) is 75.1 Å². The van der Waals surface area contributed by atoms with Gasteiger partial charge in [0.1, 0.15) is 5.82 Å². The summed E-state index contributed by atoms with van der Waals surface area (Å²) in [4.78, 5) is 10.7. The highest BCUT2D eigenvalue weighted by molar-refractivity contribution is 6.29. The molecule has 0 amide bonds. The molecule has 0 aromatic carbocycles. The summed E-state index contributed by atoms with van der Waals surface area (Å²) < 4.78 is 0. The Labute approximate surface area is 92.5 Å². The number of aliphatic carboxylic acids is 1. The Morgan fingerprint density at radius 1 is 1.60 bits per heavy atom. The first-order valence-electron chi connectivity index (χ1n) is 4.59. The molecule has 0 radical (unpaired) electrons. The predicted octanol–water partition coefficient (Wildman–Crippen LogP) is 1.65. The van der Waals surface area contributed by atoms with Gasteiger partial charge in [0.15, 0.2) is 5.15 Å². The van der Waals surface area contributed by atoms with Crippen molar-refractivity contribution in [2.24, 2.45) is 5.92 Å². The maximum absolute atomic E-state index is 10.7. The van der Waals surface area contributed by atoms with Crippen LogP contribution in [0.3, 0.4) is 0 Å². The van der Waals surface area contributed by atoms with Crippen LogP contribution in [0.2, 0.25) is 5.15 Å². The van der Waals surface area contributed by atoms with Crippen molar-refractivity contribution in [1.82, 2.24) is 10.2 Å². The molecular formula is C9H12ClN3O2. The van der Waals surface area contributed by atoms with E-state index >= 15 is 0 Å². The molecule has 0 saturated carbocycles. The second-order valence-electron chi connectivity index (χ2n) is 3.07. The normalized spacial score (nSPS) is 12.1. The molecule has 0 aliphatic carbocycles. The Bertz CT molecular complexity index is 329. The minimum Gasteiger partial charge on any atom is -0.481 e. The SMILES string of the molecule is CCC(CNc1ccc(Cl)nn1)C(=O)O. The number of nitrogens with one attached hydrogen (secondary N) is 1. The van der Waals surface area contributed by atoms with Gasteiger partial charge in [-0.3, -0.25) is 4.79 Å². The molecule has 0 saturated heterocycles. The van der Waals surface area contributed by atoms with E-state index < -0.39 is 11.9 Å². The van der Waals surface area contributed by atoms with E-state index in [9.17, 15) is 4.79 Å². The lowest BCUT2D eigenvalue weighted by Crippen LogP contribution is -2.22. The molecule has 1 heterocycles. The van der Waals surface area contributed by atoms with Gasteiger partial charge in [0.2, 0.25) is 0 Å². The van der Waals surface area contributed by atoms with Crippen molar-refractivity contribution in [2.75, 3.05) is 11.9 Å². The van der Waals surface area contributed by atoms with Gasteiger partial charge in [0.05, 0.1) is 5.92 Å². The van der Waals surface area contributed by atoms with E-state index in [1.54, 1.807) is 12.1 Å². The van der Waals surface area contributed by atoms with Gasteiger partial charge in [-0.2, -0.15) is 0 Å². The third-order valence-corrected chi connectivity index (χ3v) is 2.21. The Morgan fingerprint density at radius 3 is 2.80 bits per heavy atom. The molecule has 1 unspecified atom stereocenters. The lowest BCUT2D eigenvalue weighted by atomic mass is 10.1. The molecule has 82 valence electrons. The standard InChI is InChI=1S/C9H12ClN3O2/c1-2-6(9(14)15)5-11-8-4-3-7(10)12-13-8/h3-4,6H,2,5H2,1H3,(H,11,13)(H,14,15). The number of hydrogen-bond donors (Lipinski definition) is 2. The number of hydrogen-bond acceptors (Lipinski definition) is 4. The molecule has 15 heavy (non-hydrogen) atoms. The summed E-state index contributed by atoms with van der Waals surface area (Å²) in [7, 11) is 0. The minimum absolute atomic E-state index is 0.311. The molecule has 5 nitrogen and oxygen atoms in total. The van der Waals surface area contributed by atoms with Crippen molar-refractivity contribution in [3.05, 3.63) is 17.3 Å². The highest BCUT2D eigenvalue weighted by atomic mass is 35.5. The molecule has 0 bridgehead atoms. The number of nitrogens with zero attached hydrogens (tertiary/aromatic N) is 2. The molecule has 1 atom stereocenters. The van der Waals surface area contributed by atoms with Crippen molar-refractivity contribution in [1.29, 1.82) is 0 Å². The van der Waals surface area contributed by atoms with Gasteiger partial charge in [0.25, 0.3) is 0 Å². The van der Waals surface area contributed by atoms with Crippen LogP contribution in [-0.2, 0) is 4.79 Å². The summed E-state index contributed by atoms with van der Waals surface area (Å²) in [5.41, 5.74) is 0. The summed E-state index contributed by atoms with van der Waals surface area (Å²) in [6.07, 6.45) is 0.573. The van der Waals surface area contributed by atoms with Crippen LogP contribution in [0.4, 0.5) is 5.82 Å². The molecular weight excluding hydrogens is 218 g/mol. The second-order valence-corrected chi connectivity index (χ2v) is 3.45. The van der Waals surface area contributed by atoms with Crippen LogP contribution in [-0.4, -0.2) is 27.8 Å². The van der Waals surface area contributed by atoms with Gasteiger partial charge < -0.3 is 10.4 Å². The number of anilines is 1. The van der Waals surface area contributed by atoms with E-state index in [-0.39, 0.29) is 0 Å². The number of aromatic nitrogens is 2. The number of halogens is 1. The van der Waals surface area contributed by atoms with Gasteiger partial charge >= 0.3 is 5.97 Å². The quantitative estimate of drug-likeness (QED) is 0.803. The van der Waals surface area contributed by atoms with Crippen LogP contribution >= 0.6 is 11.6 Å². The predicted molar refractivity (Wildman–Crippen MR) is 56.9 cm³/mol. The average Bonchev–Trinajstić information content (AvgIpc) is 2.21. The molecule has 0 aliphatic rings. The highest BCUT2D eigenvalue weighted by Crippen LogP contribution is 2.08. The van der Waals surface area contributed by atoms with Gasteiger partial charge in [-0.25, -0.2) is 0 Å². The van der Waals surface area contributed by atoms with Crippen molar-refractivity contribution in [3.8, 4) is 0 Å². The first-order chi connectivity index (χ1) is 7.13. The first kappa shape index (κ1) is 11.7. The molecule has 0 aliphatic heterocycles. The molecule has 0 fully saturated rings. The van der Waals surface area contributed by atoms with Crippen LogP contribution in [0, 0.1) is 5.92 Å². The molecule has 1 rings (SSSR count). The van der Waals surface area contributed by atoms with Gasteiger partial charge in [-0.1, -0.05) is 18.5 Å². The van der Waals surface area contributed by atoms with Crippen molar-refractivity contribution in [2.45, 2.75) is 13.3 Å². The van der Waals surface area contributed by atoms with Gasteiger partial charge in [-0.15, -0.1) is 10.2 Å². The van der Waals surface area contributed by atoms with E-state index in [1.807, 2.05) is 6.92 Å². The van der Waals surface area contributed by atoms with E-state index in [0.29, 0.717) is 23.9 Å². The maximum atomic E-state index is 10.7. The van der Waals surface area contributed by atoms with E-state index in [2.05, 4.69) is 15.5 Å². The zero-order valence-corrected chi connectivity index (χ0v) is 9.03. The molecule has 1 aromatic rings. The third kappa shape index (κ3) is 3.71. The first-order valence-corrected chi connectivity index (χ1v) is 4.97. The van der Waals surface area contributed by atoms with Crippen molar-refractivity contribution in [3.63, 3.8) is 0 Å². The van der Waals surface area contributed by atoms with Crippen molar-refractivity contribution >= 4 is 23.4 Å². The number of carboxylic acid groups (broad SMARTS) is 1. The Kier molecular flexibility index (Phi) is 4.30. The minimum atomic E-state index is -0.813. The molecule has 1 aromatic heterocycles. The maximum Gasteiger partial charge on any atom is 0.308 e. The Morgan fingerprint density at radius 2 is 2.33 bits per heavy atom. The second kappa shape index (κ2) is 5.50. The summed E-state index contributed by atoms with van der Waals surface area (Å²) >= 11 is 5.56. The largest absolute Gasteiger partial charge is 0.481 e. The smallest absolute Gasteiger partial charge is 0.308 e. The van der Waals surface area contributed by atoms with Crippen LogP contribution in [0.15, 0.2) is 12.1 Å². The van der Waals surface area contributed by atoms with Crippen LogP contribution in [0.5, 0.6) is 0 Å². The third-order valence-electron chi connectivity index (χ3n) is 2.00. The van der Waals surface area contributed by atoms with Crippen LogP contribution < -0.4 is 5.32 Å². The van der Waals surface area contributed by atoms with Gasteiger partial charge in [0, 0.05) is 6.54 Å². The van der Waals surface area contributed by atoms with E-state index in [1.165, 1.54) is 0 Å². The van der Waals surface area contributed by atoms with Crippen molar-refractivity contribution < 1.29 is 9.90 Å². The number of carbonyl (C=O) groups is 1. The number of rotatable bonds is 5. The van der Waals surface area contributed by atoms with E-state index in [0.717, 1.165) is 0 Å². The molecule has 6 heteroatoms. The van der Waals surface area contributed by atoms with Crippen LogP contribution in [0.1, 0.15) is 13.3 Å². The lowest BCUT2D eigenvalue weighted by Gasteiger charge is -2.10.